The SMILES string of the molecule is CC(C)(c1ccccc1)c1ccc(OC(=O)CCC2CCN(C(=N)N)CC2)cc1.Cl. The van der Waals surface area contributed by atoms with E-state index in [-0.39, 0.29) is 29.8 Å². The van der Waals surface area contributed by atoms with Crippen molar-refractivity contribution in [3.63, 3.8) is 0 Å². The van der Waals surface area contributed by atoms with E-state index in [9.17, 15) is 4.79 Å². The van der Waals surface area contributed by atoms with Crippen molar-refractivity contribution in [1.29, 1.82) is 5.41 Å². The lowest BCUT2D eigenvalue weighted by Crippen LogP contribution is -2.42. The van der Waals surface area contributed by atoms with Crippen LogP contribution in [0.1, 0.15) is 50.7 Å². The van der Waals surface area contributed by atoms with Gasteiger partial charge in [-0.3, -0.25) is 10.2 Å². The Balaban J connectivity index is 0.00000320. The number of nitrogens with zero attached hydrogens (tertiary/aromatic N) is 1. The lowest BCUT2D eigenvalue weighted by atomic mass is 9.78. The van der Waals surface area contributed by atoms with Crippen LogP contribution in [-0.2, 0) is 10.2 Å². The molecular weight excluding hydrogens is 398 g/mol. The highest BCUT2D eigenvalue weighted by Crippen LogP contribution is 2.32. The second kappa shape index (κ2) is 10.5. The summed E-state index contributed by atoms with van der Waals surface area (Å²) in [6, 6.07) is 18.2. The van der Waals surface area contributed by atoms with Gasteiger partial charge in [0.2, 0.25) is 0 Å². The molecule has 3 rings (SSSR count). The molecule has 0 aliphatic carbocycles. The maximum absolute atomic E-state index is 12.2. The molecule has 6 heteroatoms. The normalized spacial score (nSPS) is 14.7. The maximum atomic E-state index is 12.2. The first-order valence-corrected chi connectivity index (χ1v) is 10.3. The lowest BCUT2D eigenvalue weighted by molar-refractivity contribution is -0.134. The van der Waals surface area contributed by atoms with Crippen LogP contribution in [0.4, 0.5) is 0 Å². The largest absolute Gasteiger partial charge is 0.427 e. The molecule has 5 nitrogen and oxygen atoms in total. The molecule has 3 N–H and O–H groups in total. The average Bonchev–Trinajstić information content (AvgIpc) is 2.73. The number of hydrogen-bond acceptors (Lipinski definition) is 3. The van der Waals surface area contributed by atoms with Gasteiger partial charge in [0.15, 0.2) is 5.96 Å². The van der Waals surface area contributed by atoms with Crippen molar-refractivity contribution in [2.24, 2.45) is 11.7 Å². The molecule has 0 aromatic heterocycles. The number of carbonyl (C=O) groups excluding carboxylic acids is 1. The molecule has 1 fully saturated rings. The fourth-order valence-electron chi connectivity index (χ4n) is 3.93. The summed E-state index contributed by atoms with van der Waals surface area (Å²) in [4.78, 5) is 14.1. The summed E-state index contributed by atoms with van der Waals surface area (Å²) in [5, 5.41) is 7.48. The van der Waals surface area contributed by atoms with E-state index in [1.165, 1.54) is 11.1 Å². The van der Waals surface area contributed by atoms with Crippen LogP contribution < -0.4 is 10.5 Å². The second-order valence-electron chi connectivity index (χ2n) is 8.34. The van der Waals surface area contributed by atoms with Gasteiger partial charge in [-0.15, -0.1) is 12.4 Å². The van der Waals surface area contributed by atoms with Gasteiger partial charge in [0.05, 0.1) is 0 Å². The molecule has 0 unspecified atom stereocenters. The van der Waals surface area contributed by atoms with E-state index < -0.39 is 0 Å². The minimum Gasteiger partial charge on any atom is -0.427 e. The van der Waals surface area contributed by atoms with Gasteiger partial charge in [-0.05, 0) is 48.4 Å². The summed E-state index contributed by atoms with van der Waals surface area (Å²) < 4.78 is 5.53. The standard InChI is InChI=1S/C24H31N3O2.ClH/c1-24(2,19-6-4-3-5-7-19)20-9-11-21(12-10-20)29-22(28)13-8-18-14-16-27(17-15-18)23(25)26;/h3-7,9-12,18H,8,13-17H2,1-2H3,(H3,25,26);1H. The van der Waals surface area contributed by atoms with Crippen LogP contribution in [0.25, 0.3) is 0 Å². The number of halogens is 1. The number of hydrogen-bond donors (Lipinski definition) is 2. The van der Waals surface area contributed by atoms with Crippen LogP contribution in [0.15, 0.2) is 54.6 Å². The van der Waals surface area contributed by atoms with E-state index in [0.717, 1.165) is 32.4 Å². The highest BCUT2D eigenvalue weighted by atomic mass is 35.5. The first-order chi connectivity index (χ1) is 13.9. The molecule has 0 atom stereocenters. The van der Waals surface area contributed by atoms with E-state index in [1.807, 2.05) is 35.2 Å². The van der Waals surface area contributed by atoms with E-state index in [0.29, 0.717) is 18.1 Å². The van der Waals surface area contributed by atoms with Crippen molar-refractivity contribution in [3.8, 4) is 5.75 Å². The van der Waals surface area contributed by atoms with E-state index in [4.69, 9.17) is 15.9 Å². The first kappa shape index (κ1) is 23.7. The summed E-state index contributed by atoms with van der Waals surface area (Å²) in [6.07, 6.45) is 3.18. The number of piperidine rings is 1. The van der Waals surface area contributed by atoms with Crippen molar-refractivity contribution >= 4 is 24.3 Å². The Morgan fingerprint density at radius 2 is 1.63 bits per heavy atom. The van der Waals surface area contributed by atoms with Gasteiger partial charge in [-0.1, -0.05) is 56.3 Å². The van der Waals surface area contributed by atoms with Crippen molar-refractivity contribution in [1.82, 2.24) is 4.90 Å². The number of benzene rings is 2. The summed E-state index contributed by atoms with van der Waals surface area (Å²) >= 11 is 0. The molecule has 0 radical (unpaired) electrons. The minimum atomic E-state index is -0.186. The highest BCUT2D eigenvalue weighted by Gasteiger charge is 2.23. The monoisotopic (exact) mass is 429 g/mol. The van der Waals surface area contributed by atoms with Gasteiger partial charge in [0.25, 0.3) is 0 Å². The van der Waals surface area contributed by atoms with Gasteiger partial charge in [0, 0.05) is 24.9 Å². The van der Waals surface area contributed by atoms with Crippen molar-refractivity contribution < 1.29 is 9.53 Å². The Labute approximate surface area is 185 Å². The second-order valence-corrected chi connectivity index (χ2v) is 8.34. The molecule has 0 saturated carbocycles. The zero-order valence-corrected chi connectivity index (χ0v) is 18.6. The Hall–Kier alpha value is -2.53. The van der Waals surface area contributed by atoms with Crippen molar-refractivity contribution in [3.05, 3.63) is 65.7 Å². The quantitative estimate of drug-likeness (QED) is 0.301. The predicted octanol–water partition coefficient (Wildman–Crippen LogP) is 4.73. The fraction of sp³-hybridized carbons (Fsp3) is 0.417. The number of likely N-dealkylation sites (tertiary alicyclic amines) is 1. The number of esters is 1. The summed E-state index contributed by atoms with van der Waals surface area (Å²) in [7, 11) is 0. The number of nitrogens with two attached hydrogens (primary N) is 1. The third-order valence-electron chi connectivity index (χ3n) is 6.02. The molecule has 0 bridgehead atoms. The molecule has 162 valence electrons. The third-order valence-corrected chi connectivity index (χ3v) is 6.02. The summed E-state index contributed by atoms with van der Waals surface area (Å²) in [6.45, 7) is 5.99. The lowest BCUT2D eigenvalue weighted by Gasteiger charge is -2.31. The molecule has 2 aromatic rings. The van der Waals surface area contributed by atoms with Gasteiger partial charge < -0.3 is 15.4 Å². The van der Waals surface area contributed by atoms with Crippen LogP contribution in [-0.4, -0.2) is 29.9 Å². The van der Waals surface area contributed by atoms with Gasteiger partial charge in [-0.2, -0.15) is 0 Å². The Bertz CT molecular complexity index is 829. The average molecular weight is 430 g/mol. The van der Waals surface area contributed by atoms with Crippen LogP contribution in [0.5, 0.6) is 5.75 Å². The summed E-state index contributed by atoms with van der Waals surface area (Å²) in [5.41, 5.74) is 7.85. The maximum Gasteiger partial charge on any atom is 0.311 e. The number of guanidine groups is 1. The molecule has 1 saturated heterocycles. The fourth-order valence-corrected chi connectivity index (χ4v) is 3.93. The van der Waals surface area contributed by atoms with Gasteiger partial charge >= 0.3 is 5.97 Å². The highest BCUT2D eigenvalue weighted by molar-refractivity contribution is 5.85. The van der Waals surface area contributed by atoms with E-state index in [1.54, 1.807) is 0 Å². The Morgan fingerprint density at radius 3 is 2.20 bits per heavy atom. The predicted molar refractivity (Wildman–Crippen MR) is 123 cm³/mol. The number of rotatable bonds is 6. The molecule has 1 aliphatic heterocycles. The van der Waals surface area contributed by atoms with Crippen molar-refractivity contribution in [2.45, 2.75) is 44.9 Å². The number of ether oxygens (including phenoxy) is 1. The van der Waals surface area contributed by atoms with Crippen LogP contribution >= 0.6 is 12.4 Å². The minimum absolute atomic E-state index is 0. The molecule has 0 spiro atoms. The zero-order valence-electron chi connectivity index (χ0n) is 17.8. The topological polar surface area (TPSA) is 79.4 Å². The molecule has 30 heavy (non-hydrogen) atoms. The van der Waals surface area contributed by atoms with Crippen molar-refractivity contribution in [2.75, 3.05) is 13.1 Å². The van der Waals surface area contributed by atoms with E-state index >= 15 is 0 Å². The third kappa shape index (κ3) is 5.99. The van der Waals surface area contributed by atoms with Crippen LogP contribution in [0.2, 0.25) is 0 Å². The summed E-state index contributed by atoms with van der Waals surface area (Å²) in [5.74, 6) is 1.04. The van der Waals surface area contributed by atoms with E-state index in [2.05, 4.69) is 38.1 Å². The Morgan fingerprint density at radius 1 is 1.07 bits per heavy atom. The van der Waals surface area contributed by atoms with Gasteiger partial charge in [-0.25, -0.2) is 0 Å². The van der Waals surface area contributed by atoms with Gasteiger partial charge in [0.1, 0.15) is 5.75 Å². The molecular formula is C24H32ClN3O2. The molecule has 2 aromatic carbocycles. The van der Waals surface area contributed by atoms with Crippen LogP contribution in [0.3, 0.4) is 0 Å². The molecule has 1 heterocycles. The first-order valence-electron chi connectivity index (χ1n) is 10.3. The molecule has 0 amide bonds. The van der Waals surface area contributed by atoms with Crippen LogP contribution in [0, 0.1) is 11.3 Å². The number of nitrogens with one attached hydrogen (secondary N) is 1. The smallest absolute Gasteiger partial charge is 0.311 e. The molecule has 1 aliphatic rings. The number of carbonyl (C=O) groups is 1. The Kier molecular flexibility index (Phi) is 8.30. The zero-order chi connectivity index (χ0) is 20.9.